The Hall–Kier alpha value is -3.37. The van der Waals surface area contributed by atoms with E-state index in [1.807, 2.05) is 17.0 Å². The molecule has 4 rings (SSSR count). The molecule has 2 aromatic heterocycles. The summed E-state index contributed by atoms with van der Waals surface area (Å²) >= 11 is 7.20. The molecule has 0 aliphatic carbocycles. The molecule has 0 radical (unpaired) electrons. The van der Waals surface area contributed by atoms with Gasteiger partial charge < -0.3 is 25.5 Å². The lowest BCUT2D eigenvalue weighted by Gasteiger charge is -2.32. The van der Waals surface area contributed by atoms with Crippen molar-refractivity contribution in [1.29, 1.82) is 0 Å². The molecule has 0 spiro atoms. The molecule has 11 heteroatoms. The maximum absolute atomic E-state index is 12.8. The molecule has 3 N–H and O–H groups in total. The van der Waals surface area contributed by atoms with Crippen molar-refractivity contribution in [1.82, 2.24) is 14.9 Å². The van der Waals surface area contributed by atoms with Crippen LogP contribution in [0.4, 0.5) is 27.0 Å². The molecular formula is C20H19ClN6O3S. The molecule has 3 heterocycles. The van der Waals surface area contributed by atoms with Crippen LogP contribution in [-0.2, 0) is 0 Å². The Morgan fingerprint density at radius 1 is 1.03 bits per heavy atom. The van der Waals surface area contributed by atoms with Crippen molar-refractivity contribution in [3.63, 3.8) is 0 Å². The van der Waals surface area contributed by atoms with E-state index in [4.69, 9.17) is 16.7 Å². The smallest absolute Gasteiger partial charge is 0.407 e. The highest BCUT2D eigenvalue weighted by molar-refractivity contribution is 7.17. The van der Waals surface area contributed by atoms with Crippen LogP contribution in [-0.4, -0.2) is 58.2 Å². The number of carbonyl (C=O) groups excluding carboxylic acids is 1. The number of rotatable bonds is 5. The summed E-state index contributed by atoms with van der Waals surface area (Å²) in [5, 5.41) is 16.5. The van der Waals surface area contributed by atoms with E-state index in [0.29, 0.717) is 52.6 Å². The SMILES string of the molecule is O=C(Nc1ccncc1Nc1ccc(Cl)cc1)c1cnc(N2CCN(C(=O)O)CC2)s1. The van der Waals surface area contributed by atoms with E-state index < -0.39 is 6.09 Å². The van der Waals surface area contributed by atoms with Gasteiger partial charge in [-0.05, 0) is 30.3 Å². The van der Waals surface area contributed by atoms with Gasteiger partial charge >= 0.3 is 6.09 Å². The third-order valence-electron chi connectivity index (χ3n) is 4.73. The number of hydrogen-bond acceptors (Lipinski definition) is 7. The molecular weight excluding hydrogens is 440 g/mol. The summed E-state index contributed by atoms with van der Waals surface area (Å²) in [6.07, 6.45) is 3.85. The lowest BCUT2D eigenvalue weighted by molar-refractivity contribution is 0.103. The van der Waals surface area contributed by atoms with Gasteiger partial charge in [-0.15, -0.1) is 0 Å². The second kappa shape index (κ2) is 9.19. The molecule has 0 bridgehead atoms. The monoisotopic (exact) mass is 458 g/mol. The number of halogens is 1. The van der Waals surface area contributed by atoms with Gasteiger partial charge in [0, 0.05) is 43.1 Å². The van der Waals surface area contributed by atoms with Gasteiger partial charge in [0.05, 0.1) is 23.8 Å². The Labute approximate surface area is 187 Å². The highest BCUT2D eigenvalue weighted by Crippen LogP contribution is 2.28. The molecule has 3 aromatic rings. The number of benzene rings is 1. The van der Waals surface area contributed by atoms with Crippen LogP contribution in [0.5, 0.6) is 0 Å². The first kappa shape index (κ1) is 20.9. The Bertz CT molecular complexity index is 1080. The van der Waals surface area contributed by atoms with Gasteiger partial charge in [0.15, 0.2) is 5.13 Å². The standard InChI is InChI=1S/C20H19ClN6O3S/c21-13-1-3-14(4-2-13)24-16-11-22-6-5-15(16)25-18(28)17-12-23-19(31-17)26-7-9-27(10-8-26)20(29)30/h1-6,11-12,24H,7-10H2,(H,29,30)(H,22,25,28). The number of nitrogens with zero attached hydrogens (tertiary/aromatic N) is 4. The molecule has 0 unspecified atom stereocenters. The zero-order valence-corrected chi connectivity index (χ0v) is 17.9. The maximum Gasteiger partial charge on any atom is 0.407 e. The second-order valence-electron chi connectivity index (χ2n) is 6.77. The fraction of sp³-hybridized carbons (Fsp3) is 0.200. The summed E-state index contributed by atoms with van der Waals surface area (Å²) in [6.45, 7) is 1.90. The molecule has 0 saturated carbocycles. The average molecular weight is 459 g/mol. The summed E-state index contributed by atoms with van der Waals surface area (Å²) < 4.78 is 0. The van der Waals surface area contributed by atoms with Crippen molar-refractivity contribution in [3.8, 4) is 0 Å². The summed E-state index contributed by atoms with van der Waals surface area (Å²) in [6, 6.07) is 8.92. The molecule has 1 aromatic carbocycles. The van der Waals surface area contributed by atoms with Crippen molar-refractivity contribution in [2.75, 3.05) is 41.7 Å². The number of nitrogens with one attached hydrogen (secondary N) is 2. The first-order chi connectivity index (χ1) is 15.0. The Kier molecular flexibility index (Phi) is 6.19. The van der Waals surface area contributed by atoms with E-state index in [0.717, 1.165) is 5.69 Å². The van der Waals surface area contributed by atoms with Crippen LogP contribution in [0.25, 0.3) is 0 Å². The lowest BCUT2D eigenvalue weighted by Crippen LogP contribution is -2.48. The van der Waals surface area contributed by atoms with Gasteiger partial charge in [0.1, 0.15) is 4.88 Å². The van der Waals surface area contributed by atoms with E-state index >= 15 is 0 Å². The number of anilines is 4. The molecule has 1 fully saturated rings. The minimum Gasteiger partial charge on any atom is -0.465 e. The molecule has 1 saturated heterocycles. The van der Waals surface area contributed by atoms with Crippen molar-refractivity contribution in [2.45, 2.75) is 0 Å². The molecule has 160 valence electrons. The van der Waals surface area contributed by atoms with E-state index in [1.165, 1.54) is 22.4 Å². The largest absolute Gasteiger partial charge is 0.465 e. The molecule has 1 aliphatic rings. The molecule has 1 aliphatic heterocycles. The number of aromatic nitrogens is 2. The quantitative estimate of drug-likeness (QED) is 0.530. The van der Waals surface area contributed by atoms with Crippen LogP contribution in [0.3, 0.4) is 0 Å². The van der Waals surface area contributed by atoms with Crippen LogP contribution in [0.1, 0.15) is 9.67 Å². The predicted molar refractivity (Wildman–Crippen MR) is 121 cm³/mol. The lowest BCUT2D eigenvalue weighted by atomic mass is 10.3. The van der Waals surface area contributed by atoms with Crippen LogP contribution in [0.15, 0.2) is 48.9 Å². The number of pyridine rings is 1. The zero-order chi connectivity index (χ0) is 21.8. The maximum atomic E-state index is 12.8. The number of amides is 2. The van der Waals surface area contributed by atoms with E-state index in [1.54, 1.807) is 30.6 Å². The minimum absolute atomic E-state index is 0.279. The van der Waals surface area contributed by atoms with Crippen molar-refractivity contribution < 1.29 is 14.7 Å². The summed E-state index contributed by atoms with van der Waals surface area (Å²) in [5.74, 6) is -0.279. The Balaban J connectivity index is 1.42. The predicted octanol–water partition coefficient (Wildman–Crippen LogP) is 3.99. The molecule has 0 atom stereocenters. The van der Waals surface area contributed by atoms with Gasteiger partial charge in [-0.1, -0.05) is 22.9 Å². The molecule has 9 nitrogen and oxygen atoms in total. The van der Waals surface area contributed by atoms with Gasteiger partial charge in [0.25, 0.3) is 5.91 Å². The van der Waals surface area contributed by atoms with Crippen molar-refractivity contribution >= 4 is 57.1 Å². The van der Waals surface area contributed by atoms with E-state index in [2.05, 4.69) is 20.6 Å². The molecule has 2 amide bonds. The number of carbonyl (C=O) groups is 2. The van der Waals surface area contributed by atoms with Crippen molar-refractivity contribution in [3.05, 3.63) is 58.8 Å². The average Bonchev–Trinajstić information content (AvgIpc) is 3.27. The summed E-state index contributed by atoms with van der Waals surface area (Å²) in [5.41, 5.74) is 2.04. The first-order valence-electron chi connectivity index (χ1n) is 9.46. The van der Waals surface area contributed by atoms with Gasteiger partial charge in [0.2, 0.25) is 0 Å². The number of piperazine rings is 1. The zero-order valence-electron chi connectivity index (χ0n) is 16.3. The fourth-order valence-electron chi connectivity index (χ4n) is 3.08. The Morgan fingerprint density at radius 3 is 2.48 bits per heavy atom. The molecule has 31 heavy (non-hydrogen) atoms. The third kappa shape index (κ3) is 5.04. The summed E-state index contributed by atoms with van der Waals surface area (Å²) in [7, 11) is 0. The number of carboxylic acid groups (broad SMARTS) is 1. The third-order valence-corrected chi connectivity index (χ3v) is 6.04. The minimum atomic E-state index is -0.917. The number of hydrogen-bond donors (Lipinski definition) is 3. The van der Waals surface area contributed by atoms with Crippen LogP contribution >= 0.6 is 22.9 Å². The van der Waals surface area contributed by atoms with Crippen LogP contribution in [0, 0.1) is 0 Å². The fourth-order valence-corrected chi connectivity index (χ4v) is 4.07. The van der Waals surface area contributed by atoms with Gasteiger partial charge in [-0.2, -0.15) is 0 Å². The number of thiazole rings is 1. The van der Waals surface area contributed by atoms with Gasteiger partial charge in [-0.25, -0.2) is 9.78 Å². The summed E-state index contributed by atoms with van der Waals surface area (Å²) in [4.78, 5) is 36.1. The van der Waals surface area contributed by atoms with Crippen LogP contribution in [0.2, 0.25) is 5.02 Å². The van der Waals surface area contributed by atoms with E-state index in [-0.39, 0.29) is 5.91 Å². The highest BCUT2D eigenvalue weighted by atomic mass is 35.5. The van der Waals surface area contributed by atoms with E-state index in [9.17, 15) is 9.59 Å². The highest BCUT2D eigenvalue weighted by Gasteiger charge is 2.23. The van der Waals surface area contributed by atoms with Crippen LogP contribution < -0.4 is 15.5 Å². The first-order valence-corrected chi connectivity index (χ1v) is 10.7. The topological polar surface area (TPSA) is 111 Å². The van der Waals surface area contributed by atoms with Crippen molar-refractivity contribution in [2.24, 2.45) is 0 Å². The Morgan fingerprint density at radius 2 is 1.77 bits per heavy atom. The van der Waals surface area contributed by atoms with Gasteiger partial charge in [-0.3, -0.25) is 9.78 Å². The normalized spacial score (nSPS) is 13.7. The second-order valence-corrected chi connectivity index (χ2v) is 8.22.